The summed E-state index contributed by atoms with van der Waals surface area (Å²) in [6.45, 7) is 0. The molecule has 0 aliphatic carbocycles. The van der Waals surface area contributed by atoms with Crippen molar-refractivity contribution in [3.8, 4) is 0 Å². The number of carboxylic acid groups (broad SMARTS) is 4. The van der Waals surface area contributed by atoms with Gasteiger partial charge in [0.1, 0.15) is 0 Å². The van der Waals surface area contributed by atoms with Crippen molar-refractivity contribution in [3.63, 3.8) is 0 Å². The van der Waals surface area contributed by atoms with E-state index in [0.717, 1.165) is 0 Å². The third-order valence-corrected chi connectivity index (χ3v) is 0. The van der Waals surface area contributed by atoms with Crippen molar-refractivity contribution in [2.75, 3.05) is 0 Å². The fourth-order valence-corrected chi connectivity index (χ4v) is 0. The third-order valence-electron chi connectivity index (χ3n) is 0. The summed E-state index contributed by atoms with van der Waals surface area (Å²) in [6.07, 6.45) is -4.42. The van der Waals surface area contributed by atoms with Crippen LogP contribution in [0, 0.1) is 0 Å². The van der Waals surface area contributed by atoms with Gasteiger partial charge in [0.15, 0.2) is 0 Å². The molecule has 0 aromatic heterocycles. The van der Waals surface area contributed by atoms with Crippen LogP contribution in [0.2, 0.25) is 0 Å². The molecule has 0 aliphatic heterocycles. The third kappa shape index (κ3) is 266. The van der Waals surface area contributed by atoms with Crippen LogP contribution in [0.15, 0.2) is 0 Å². The molecule has 0 amide bonds. The Kier molecular flexibility index (Phi) is 60.4. The molecule has 1 N–H and O–H groups in total. The second-order valence-corrected chi connectivity index (χ2v) is 0.516. The maximum Gasteiger partial charge on any atom is 1.00 e. The maximum absolute atomic E-state index is 8.44. The Morgan fingerprint density at radius 1 is 1.00 bits per heavy atom. The van der Waals surface area contributed by atoms with Crippen molar-refractivity contribution >= 4 is 12.3 Å². The molecular formula is C2HKNa2O6. The predicted molar refractivity (Wildman–Crippen MR) is 13.4 cm³/mol. The van der Waals surface area contributed by atoms with Crippen molar-refractivity contribution in [1.29, 1.82) is 0 Å². The van der Waals surface area contributed by atoms with Gasteiger partial charge < -0.3 is 30.0 Å². The van der Waals surface area contributed by atoms with Crippen molar-refractivity contribution in [1.82, 2.24) is 0 Å². The first-order valence-electron chi connectivity index (χ1n) is 1.24. The van der Waals surface area contributed by atoms with Gasteiger partial charge in [-0.15, -0.1) is 0 Å². The van der Waals surface area contributed by atoms with Gasteiger partial charge in [0.25, 0.3) is 0 Å². The average molecular weight is 206 g/mol. The van der Waals surface area contributed by atoms with Gasteiger partial charge in [-0.05, 0) is 6.16 Å². The van der Waals surface area contributed by atoms with Gasteiger partial charge in [-0.1, -0.05) is 0 Å². The van der Waals surface area contributed by atoms with Gasteiger partial charge in [0, 0.05) is 0 Å². The minimum atomic E-state index is -2.33. The fourth-order valence-electron chi connectivity index (χ4n) is 0. The Balaban J connectivity index is -0.0000000171. The molecule has 0 bridgehead atoms. The summed E-state index contributed by atoms with van der Waals surface area (Å²) >= 11 is 0. The normalized spacial score (nSPS) is 4.36. The Labute approximate surface area is 149 Å². The van der Waals surface area contributed by atoms with Crippen LogP contribution in [0.25, 0.3) is 0 Å². The Morgan fingerprint density at radius 3 is 1.00 bits per heavy atom. The number of carbonyl (C=O) groups is 2. The zero-order valence-corrected chi connectivity index (χ0v) is 13.6. The van der Waals surface area contributed by atoms with E-state index in [0.29, 0.717) is 0 Å². The summed E-state index contributed by atoms with van der Waals surface area (Å²) in [6, 6.07) is 0. The predicted octanol–water partition coefficient (Wildman–Crippen LogP) is -12.5. The van der Waals surface area contributed by atoms with Crippen LogP contribution in [-0.2, 0) is 0 Å². The van der Waals surface area contributed by atoms with Crippen molar-refractivity contribution in [3.05, 3.63) is 0 Å². The Hall–Kier alpha value is 2.18. The molecular weight excluding hydrogens is 205 g/mol. The van der Waals surface area contributed by atoms with Crippen LogP contribution in [0.1, 0.15) is 0 Å². The minimum Gasteiger partial charge on any atom is -0.652 e. The standard InChI is InChI=1S/2CH2O3.K.2Na/c2*2-1(3)4;;;/h2*(H2,2,3,4);;;/q;;3*+1/p-3. The van der Waals surface area contributed by atoms with E-state index in [1.165, 1.54) is 0 Å². The molecule has 0 rings (SSSR count). The van der Waals surface area contributed by atoms with E-state index >= 15 is 0 Å². The van der Waals surface area contributed by atoms with Gasteiger partial charge >= 0.3 is 110 Å². The summed E-state index contributed by atoms with van der Waals surface area (Å²) in [5, 5.41) is 32.0. The zero-order valence-electron chi connectivity index (χ0n) is 6.49. The van der Waals surface area contributed by atoms with Crippen molar-refractivity contribution < 1.29 is 141 Å². The van der Waals surface area contributed by atoms with E-state index in [1.807, 2.05) is 0 Å². The van der Waals surface area contributed by atoms with Crippen LogP contribution < -0.4 is 126 Å². The van der Waals surface area contributed by atoms with Gasteiger partial charge in [0.05, 0.1) is 0 Å². The first kappa shape index (κ1) is 29.2. The number of hydrogen-bond acceptors (Lipinski definition) is 5. The Bertz CT molecular complexity index is 76.6. The number of hydrogen-bond donors (Lipinski definition) is 1. The van der Waals surface area contributed by atoms with Gasteiger partial charge in [0.2, 0.25) is 6.16 Å². The van der Waals surface area contributed by atoms with E-state index in [4.69, 9.17) is 30.0 Å². The minimum absolute atomic E-state index is 0. The quantitative estimate of drug-likeness (QED) is 0.392. The molecule has 0 saturated carbocycles. The first-order chi connectivity index (χ1) is 3.46. The zero-order chi connectivity index (χ0) is 7.15. The average Bonchev–Trinajstić information content (AvgIpc) is 1.25. The van der Waals surface area contributed by atoms with E-state index in [9.17, 15) is 0 Å². The van der Waals surface area contributed by atoms with Gasteiger partial charge in [-0.2, -0.15) is 0 Å². The van der Waals surface area contributed by atoms with Crippen LogP contribution in [0.4, 0.5) is 9.59 Å². The molecule has 48 valence electrons. The monoisotopic (exact) mass is 206 g/mol. The fraction of sp³-hybridized carbons (Fsp3) is 0. The topological polar surface area (TPSA) is 124 Å². The van der Waals surface area contributed by atoms with Crippen LogP contribution in [0.3, 0.4) is 0 Å². The van der Waals surface area contributed by atoms with E-state index < -0.39 is 12.3 Å². The molecule has 0 fully saturated rings. The van der Waals surface area contributed by atoms with Crippen molar-refractivity contribution in [2.24, 2.45) is 0 Å². The number of carbonyl (C=O) groups excluding carboxylic acids is 1. The molecule has 0 aromatic rings. The summed E-state index contributed by atoms with van der Waals surface area (Å²) in [5.41, 5.74) is 0. The molecule has 0 unspecified atom stereocenters. The van der Waals surface area contributed by atoms with Crippen LogP contribution >= 0.6 is 0 Å². The summed E-state index contributed by atoms with van der Waals surface area (Å²) in [7, 11) is 0. The van der Waals surface area contributed by atoms with E-state index in [2.05, 4.69) is 0 Å². The molecule has 0 aliphatic rings. The molecule has 6 nitrogen and oxygen atoms in total. The summed E-state index contributed by atoms with van der Waals surface area (Å²) in [5.74, 6) is 0. The maximum atomic E-state index is 8.44. The van der Waals surface area contributed by atoms with E-state index in [1.54, 1.807) is 0 Å². The molecule has 0 spiro atoms. The Morgan fingerprint density at radius 2 is 1.00 bits per heavy atom. The molecule has 0 atom stereocenters. The van der Waals surface area contributed by atoms with Crippen LogP contribution in [0.5, 0.6) is 0 Å². The summed E-state index contributed by atoms with van der Waals surface area (Å²) in [4.78, 5) is 16.8. The number of rotatable bonds is 0. The molecule has 0 aromatic carbocycles. The SMILES string of the molecule is O=C([O-])O.O=C([O-])[O-].[K+].[Na+].[Na+]. The summed E-state index contributed by atoms with van der Waals surface area (Å²) < 4.78 is 0. The smallest absolute Gasteiger partial charge is 0.652 e. The molecule has 0 heterocycles. The second kappa shape index (κ2) is 22.8. The molecule has 9 heteroatoms. The van der Waals surface area contributed by atoms with Crippen molar-refractivity contribution in [2.45, 2.75) is 0 Å². The largest absolute Gasteiger partial charge is 1.00 e. The van der Waals surface area contributed by atoms with Gasteiger partial charge in [-0.3, -0.25) is 0 Å². The first-order valence-corrected chi connectivity index (χ1v) is 1.24. The molecule has 0 radical (unpaired) electrons. The molecule has 11 heavy (non-hydrogen) atoms. The van der Waals surface area contributed by atoms with Gasteiger partial charge in [-0.25, -0.2) is 0 Å². The second-order valence-electron chi connectivity index (χ2n) is 0.516. The van der Waals surface area contributed by atoms with E-state index in [-0.39, 0.29) is 110 Å². The molecule has 0 saturated heterocycles. The van der Waals surface area contributed by atoms with Crippen LogP contribution in [-0.4, -0.2) is 17.4 Å².